The first kappa shape index (κ1) is 27.9. The molecule has 0 heterocycles. The molecule has 10 nitrogen and oxygen atoms in total. The molecule has 0 aliphatic heterocycles. The van der Waals surface area contributed by atoms with E-state index in [1.807, 2.05) is 0 Å². The van der Waals surface area contributed by atoms with Crippen LogP contribution in [0.3, 0.4) is 0 Å². The molecule has 0 radical (unpaired) electrons. The topological polar surface area (TPSA) is 156 Å². The van der Waals surface area contributed by atoms with E-state index in [0.29, 0.717) is 0 Å². The van der Waals surface area contributed by atoms with Crippen LogP contribution < -0.4 is 103 Å². The van der Waals surface area contributed by atoms with Crippen molar-refractivity contribution in [1.29, 1.82) is 0 Å². The summed E-state index contributed by atoms with van der Waals surface area (Å²) >= 11 is 0. The average molecular weight is 370 g/mol. The Morgan fingerprint density at radius 2 is 0.727 bits per heavy atom. The van der Waals surface area contributed by atoms with Crippen LogP contribution in [0.2, 0.25) is 0 Å². The van der Waals surface area contributed by atoms with Gasteiger partial charge in [0.1, 0.15) is 0 Å². The molecular weight excluding hydrogens is 354 g/mol. The van der Waals surface area contributed by atoms with Crippen molar-refractivity contribution in [3.63, 3.8) is 0 Å². The molecule has 0 atom stereocenters. The molecule has 0 amide bonds. The minimum Gasteiger partial charge on any atom is -0.480 e. The van der Waals surface area contributed by atoms with Crippen LogP contribution in [0.15, 0.2) is 0 Å². The van der Waals surface area contributed by atoms with Crippen LogP contribution in [-0.2, 0) is 19.2 Å². The van der Waals surface area contributed by atoms with E-state index < -0.39 is 50.1 Å². The Labute approximate surface area is 211 Å². The fourth-order valence-electron chi connectivity index (χ4n) is 1.48. The van der Waals surface area contributed by atoms with Crippen LogP contribution in [0, 0.1) is 0 Å². The molecule has 0 rings (SSSR count). The van der Waals surface area contributed by atoms with Gasteiger partial charge in [0, 0.05) is 13.1 Å². The van der Waals surface area contributed by atoms with Crippen molar-refractivity contribution >= 4 is 23.9 Å². The number of carboxylic acid groups (broad SMARTS) is 4. The summed E-state index contributed by atoms with van der Waals surface area (Å²) in [6.07, 6.45) is 0. The van der Waals surface area contributed by atoms with Gasteiger partial charge in [0.05, 0.1) is 26.2 Å². The summed E-state index contributed by atoms with van der Waals surface area (Å²) in [6, 6.07) is 0. The minimum absolute atomic E-state index is 0. The van der Waals surface area contributed by atoms with Crippen molar-refractivity contribution in [2.24, 2.45) is 0 Å². The van der Waals surface area contributed by atoms with Crippen LogP contribution in [0.1, 0.15) is 0 Å². The molecule has 0 aromatic heterocycles. The third-order valence-corrected chi connectivity index (χ3v) is 2.17. The zero-order valence-corrected chi connectivity index (χ0v) is 18.8. The molecule has 0 spiro atoms. The molecule has 22 heavy (non-hydrogen) atoms. The van der Waals surface area contributed by atoms with Gasteiger partial charge in [-0.15, -0.1) is 0 Å². The standard InChI is InChI=1S/C10H16N2O8.2K/c13-7(14)3-11(4-8(15)16)1-2-12(5-9(17)18)6-10(19)20;;/h1-6H2,(H,13,14)(H,15,16)(H,17,18)(H,19,20);;/q;2*+1. The van der Waals surface area contributed by atoms with Crippen LogP contribution in [0.5, 0.6) is 0 Å². The number of aliphatic carboxylic acids is 4. The molecular formula is C10H16K2N2O8+2. The number of nitrogens with zero attached hydrogens (tertiary/aromatic N) is 2. The quantitative estimate of drug-likeness (QED) is 0.258. The fourth-order valence-corrected chi connectivity index (χ4v) is 1.48. The molecule has 0 saturated carbocycles. The third kappa shape index (κ3) is 17.4. The Hall–Kier alpha value is 1.07. The van der Waals surface area contributed by atoms with Crippen LogP contribution in [0.25, 0.3) is 0 Å². The van der Waals surface area contributed by atoms with E-state index in [1.165, 1.54) is 0 Å². The van der Waals surface area contributed by atoms with E-state index in [9.17, 15) is 19.2 Å². The van der Waals surface area contributed by atoms with Gasteiger partial charge in [-0.05, 0) is 0 Å². The van der Waals surface area contributed by atoms with E-state index in [1.54, 1.807) is 0 Å². The molecule has 0 unspecified atom stereocenters. The molecule has 0 aromatic carbocycles. The normalized spacial score (nSPS) is 9.73. The number of hydrogen-bond acceptors (Lipinski definition) is 6. The summed E-state index contributed by atoms with van der Waals surface area (Å²) in [5, 5.41) is 34.5. The SMILES string of the molecule is O=C(O)CN(CCN(CC(=O)O)CC(=O)O)CC(=O)O.[K+].[K+]. The zero-order chi connectivity index (χ0) is 15.7. The van der Waals surface area contributed by atoms with E-state index in [2.05, 4.69) is 0 Å². The maximum absolute atomic E-state index is 10.6. The summed E-state index contributed by atoms with van der Waals surface area (Å²) in [7, 11) is 0. The molecule has 0 aliphatic rings. The first-order valence-electron chi connectivity index (χ1n) is 5.52. The number of carbonyl (C=O) groups is 4. The molecule has 0 fully saturated rings. The molecule has 0 bridgehead atoms. The van der Waals surface area contributed by atoms with Crippen molar-refractivity contribution in [3.8, 4) is 0 Å². The molecule has 12 heteroatoms. The summed E-state index contributed by atoms with van der Waals surface area (Å²) in [5.74, 6) is -4.91. The van der Waals surface area contributed by atoms with Gasteiger partial charge in [-0.3, -0.25) is 29.0 Å². The van der Waals surface area contributed by atoms with Crippen LogP contribution in [-0.4, -0.2) is 93.4 Å². The molecule has 0 saturated heterocycles. The monoisotopic (exact) mass is 370 g/mol. The molecule has 0 aromatic rings. The second-order valence-electron chi connectivity index (χ2n) is 4.00. The van der Waals surface area contributed by atoms with Gasteiger partial charge in [0.15, 0.2) is 0 Å². The van der Waals surface area contributed by atoms with Crippen molar-refractivity contribution in [2.45, 2.75) is 0 Å². The summed E-state index contributed by atoms with van der Waals surface area (Å²) in [4.78, 5) is 44.4. The Morgan fingerprint density at radius 1 is 0.545 bits per heavy atom. The Kier molecular flexibility index (Phi) is 19.8. The van der Waals surface area contributed by atoms with Crippen molar-refractivity contribution < 1.29 is 142 Å². The predicted octanol–water partition coefficient (Wildman–Crippen LogP) is -8.06. The summed E-state index contributed by atoms with van der Waals surface area (Å²) < 4.78 is 0. The first-order valence-corrected chi connectivity index (χ1v) is 5.52. The smallest absolute Gasteiger partial charge is 0.480 e. The van der Waals surface area contributed by atoms with E-state index in [0.717, 1.165) is 9.80 Å². The summed E-state index contributed by atoms with van der Waals surface area (Å²) in [5.41, 5.74) is 0. The van der Waals surface area contributed by atoms with Crippen molar-refractivity contribution in [3.05, 3.63) is 0 Å². The number of rotatable bonds is 11. The second kappa shape index (κ2) is 15.6. The first-order chi connectivity index (χ1) is 9.20. The van der Waals surface area contributed by atoms with Gasteiger partial charge >= 0.3 is 127 Å². The maximum atomic E-state index is 10.6. The van der Waals surface area contributed by atoms with Crippen LogP contribution >= 0.6 is 0 Å². The second-order valence-corrected chi connectivity index (χ2v) is 4.00. The van der Waals surface area contributed by atoms with Gasteiger partial charge in [-0.25, -0.2) is 0 Å². The maximum Gasteiger partial charge on any atom is 1.00 e. The largest absolute Gasteiger partial charge is 1.00 e. The van der Waals surface area contributed by atoms with Gasteiger partial charge in [0.25, 0.3) is 0 Å². The molecule has 0 aliphatic carbocycles. The average Bonchev–Trinajstić information content (AvgIpc) is 2.22. The number of hydrogen-bond donors (Lipinski definition) is 4. The Morgan fingerprint density at radius 3 is 0.864 bits per heavy atom. The van der Waals surface area contributed by atoms with E-state index >= 15 is 0 Å². The van der Waals surface area contributed by atoms with Crippen LogP contribution in [0.4, 0.5) is 0 Å². The van der Waals surface area contributed by atoms with Crippen molar-refractivity contribution in [2.75, 3.05) is 39.3 Å². The number of carboxylic acids is 4. The Bertz CT molecular complexity index is 325. The zero-order valence-electron chi connectivity index (χ0n) is 12.6. The molecule has 114 valence electrons. The third-order valence-electron chi connectivity index (χ3n) is 2.17. The van der Waals surface area contributed by atoms with Crippen molar-refractivity contribution in [1.82, 2.24) is 9.80 Å². The van der Waals surface area contributed by atoms with Gasteiger partial charge in [-0.2, -0.15) is 0 Å². The summed E-state index contributed by atoms with van der Waals surface area (Å²) in [6.45, 7) is -2.25. The van der Waals surface area contributed by atoms with E-state index in [4.69, 9.17) is 20.4 Å². The van der Waals surface area contributed by atoms with Gasteiger partial charge in [-0.1, -0.05) is 0 Å². The minimum atomic E-state index is -1.23. The predicted molar refractivity (Wildman–Crippen MR) is 63.4 cm³/mol. The Balaban J connectivity index is -0.00000180. The van der Waals surface area contributed by atoms with Gasteiger partial charge in [0.2, 0.25) is 0 Å². The van der Waals surface area contributed by atoms with Gasteiger partial charge < -0.3 is 20.4 Å². The van der Waals surface area contributed by atoms with E-state index in [-0.39, 0.29) is 116 Å². The fraction of sp³-hybridized carbons (Fsp3) is 0.600. The molecule has 4 N–H and O–H groups in total.